The first-order chi connectivity index (χ1) is 14.2. The molecule has 5 rings (SSSR count). The molecule has 0 radical (unpaired) electrons. The molecule has 1 aromatic heterocycles. The highest BCUT2D eigenvalue weighted by Crippen LogP contribution is 2.33. The Labute approximate surface area is 170 Å². The van der Waals surface area contributed by atoms with Gasteiger partial charge in [0.25, 0.3) is 0 Å². The van der Waals surface area contributed by atoms with Gasteiger partial charge in [-0.15, -0.1) is 0 Å². The fourth-order valence-electron chi connectivity index (χ4n) is 4.30. The number of benzene rings is 3. The number of rotatable bonds is 4. The molecule has 4 aromatic rings. The average Bonchev–Trinajstić information content (AvgIpc) is 3.30. The molecule has 0 bridgehead atoms. The molecular formula is C25H23N3O. The maximum atomic E-state index is 12.8. The van der Waals surface area contributed by atoms with Crippen LogP contribution in [0.15, 0.2) is 78.9 Å². The number of para-hydroxylation sites is 3. The van der Waals surface area contributed by atoms with Gasteiger partial charge < -0.3 is 9.47 Å². The Kier molecular flexibility index (Phi) is 4.39. The van der Waals surface area contributed by atoms with Gasteiger partial charge in [-0.1, -0.05) is 60.2 Å². The van der Waals surface area contributed by atoms with E-state index in [1.54, 1.807) is 0 Å². The fourth-order valence-corrected chi connectivity index (χ4v) is 4.30. The number of hydrogen-bond donors (Lipinski definition) is 0. The predicted molar refractivity (Wildman–Crippen MR) is 116 cm³/mol. The van der Waals surface area contributed by atoms with Crippen LogP contribution in [0.3, 0.4) is 0 Å². The van der Waals surface area contributed by atoms with Crippen LogP contribution in [0.2, 0.25) is 0 Å². The summed E-state index contributed by atoms with van der Waals surface area (Å²) in [6.07, 6.45) is 0.492. The molecular weight excluding hydrogens is 358 g/mol. The van der Waals surface area contributed by atoms with Gasteiger partial charge in [-0.25, -0.2) is 4.98 Å². The standard InChI is InChI=1S/C25H23N3O/c1-18-8-7-9-19(14-18)16-28-23-13-6-5-12-22(23)26-25(28)20-15-24(29)27(17-20)21-10-3-2-4-11-21/h2-14,20H,15-17H2,1H3. The highest BCUT2D eigenvalue weighted by atomic mass is 16.2. The van der Waals surface area contributed by atoms with Crippen molar-refractivity contribution in [2.45, 2.75) is 25.8 Å². The van der Waals surface area contributed by atoms with Gasteiger partial charge in [0.2, 0.25) is 5.91 Å². The van der Waals surface area contributed by atoms with Gasteiger partial charge in [0.05, 0.1) is 11.0 Å². The molecule has 0 aliphatic carbocycles. The van der Waals surface area contributed by atoms with E-state index >= 15 is 0 Å². The van der Waals surface area contributed by atoms with Crippen LogP contribution in [0.25, 0.3) is 11.0 Å². The zero-order valence-electron chi connectivity index (χ0n) is 16.5. The van der Waals surface area contributed by atoms with Crippen molar-refractivity contribution in [3.05, 3.63) is 95.8 Å². The van der Waals surface area contributed by atoms with E-state index in [1.165, 1.54) is 11.1 Å². The Morgan fingerprint density at radius 1 is 0.966 bits per heavy atom. The van der Waals surface area contributed by atoms with Crippen molar-refractivity contribution in [3.8, 4) is 0 Å². The predicted octanol–water partition coefficient (Wildman–Crippen LogP) is 4.91. The molecule has 0 N–H and O–H groups in total. The molecule has 1 unspecified atom stereocenters. The number of carbonyl (C=O) groups is 1. The van der Waals surface area contributed by atoms with Crippen LogP contribution in [-0.2, 0) is 11.3 Å². The molecule has 3 aromatic carbocycles. The average molecular weight is 381 g/mol. The number of aryl methyl sites for hydroxylation is 1. The molecule has 1 atom stereocenters. The zero-order valence-corrected chi connectivity index (χ0v) is 16.5. The number of anilines is 1. The van der Waals surface area contributed by atoms with Crippen LogP contribution < -0.4 is 4.90 Å². The van der Waals surface area contributed by atoms with Crippen LogP contribution in [0.4, 0.5) is 5.69 Å². The Bertz CT molecular complexity index is 1180. The fraction of sp³-hybridized carbons (Fsp3) is 0.200. The van der Waals surface area contributed by atoms with E-state index in [2.05, 4.69) is 54.0 Å². The molecule has 1 aliphatic rings. The second kappa shape index (κ2) is 7.21. The van der Waals surface area contributed by atoms with Crippen LogP contribution in [0.5, 0.6) is 0 Å². The third-order valence-corrected chi connectivity index (χ3v) is 5.67. The largest absolute Gasteiger partial charge is 0.323 e. The van der Waals surface area contributed by atoms with Gasteiger partial charge in [0, 0.05) is 31.1 Å². The van der Waals surface area contributed by atoms with Gasteiger partial charge in [-0.2, -0.15) is 0 Å². The molecule has 0 saturated carbocycles. The van der Waals surface area contributed by atoms with E-state index in [9.17, 15) is 4.79 Å². The summed E-state index contributed by atoms with van der Waals surface area (Å²) < 4.78 is 2.29. The van der Waals surface area contributed by atoms with Crippen LogP contribution >= 0.6 is 0 Å². The van der Waals surface area contributed by atoms with Gasteiger partial charge in [0.1, 0.15) is 5.82 Å². The third-order valence-electron chi connectivity index (χ3n) is 5.67. The van der Waals surface area contributed by atoms with Crippen molar-refractivity contribution >= 4 is 22.6 Å². The molecule has 4 heteroatoms. The van der Waals surface area contributed by atoms with Crippen molar-refractivity contribution in [2.75, 3.05) is 11.4 Å². The highest BCUT2D eigenvalue weighted by molar-refractivity contribution is 5.96. The Morgan fingerprint density at radius 3 is 2.59 bits per heavy atom. The number of fused-ring (bicyclic) bond motifs is 1. The topological polar surface area (TPSA) is 38.1 Å². The number of carbonyl (C=O) groups excluding carboxylic acids is 1. The second-order valence-corrected chi connectivity index (χ2v) is 7.77. The van der Waals surface area contributed by atoms with Gasteiger partial charge in [-0.05, 0) is 36.8 Å². The summed E-state index contributed by atoms with van der Waals surface area (Å²) in [4.78, 5) is 19.6. The molecule has 2 heterocycles. The molecule has 1 fully saturated rings. The first kappa shape index (κ1) is 17.7. The van der Waals surface area contributed by atoms with Gasteiger partial charge in [0.15, 0.2) is 0 Å². The number of amides is 1. The first-order valence-electron chi connectivity index (χ1n) is 10.0. The maximum absolute atomic E-state index is 12.8. The zero-order chi connectivity index (χ0) is 19.8. The minimum absolute atomic E-state index is 0.0833. The van der Waals surface area contributed by atoms with E-state index < -0.39 is 0 Å². The Balaban J connectivity index is 1.54. The Morgan fingerprint density at radius 2 is 1.76 bits per heavy atom. The minimum atomic E-state index is 0.0833. The summed E-state index contributed by atoms with van der Waals surface area (Å²) >= 11 is 0. The summed E-state index contributed by atoms with van der Waals surface area (Å²) in [5, 5.41) is 0. The first-order valence-corrected chi connectivity index (χ1v) is 10.0. The van der Waals surface area contributed by atoms with E-state index in [0.29, 0.717) is 13.0 Å². The summed E-state index contributed by atoms with van der Waals surface area (Å²) in [5.74, 6) is 1.25. The van der Waals surface area contributed by atoms with Crippen LogP contribution in [-0.4, -0.2) is 22.0 Å². The molecule has 144 valence electrons. The normalized spacial score (nSPS) is 16.7. The molecule has 1 aliphatic heterocycles. The summed E-state index contributed by atoms with van der Waals surface area (Å²) in [7, 11) is 0. The van der Waals surface area contributed by atoms with Crippen molar-refractivity contribution in [2.24, 2.45) is 0 Å². The maximum Gasteiger partial charge on any atom is 0.227 e. The third kappa shape index (κ3) is 3.31. The summed E-state index contributed by atoms with van der Waals surface area (Å²) in [5.41, 5.74) is 5.56. The van der Waals surface area contributed by atoms with Gasteiger partial charge in [-0.3, -0.25) is 4.79 Å². The smallest absolute Gasteiger partial charge is 0.227 e. The van der Waals surface area contributed by atoms with E-state index in [0.717, 1.165) is 29.1 Å². The molecule has 1 saturated heterocycles. The van der Waals surface area contributed by atoms with E-state index in [4.69, 9.17) is 4.98 Å². The van der Waals surface area contributed by atoms with Crippen LogP contribution in [0, 0.1) is 6.92 Å². The molecule has 4 nitrogen and oxygen atoms in total. The number of aromatic nitrogens is 2. The lowest BCUT2D eigenvalue weighted by atomic mass is 10.1. The number of imidazole rings is 1. The Hall–Kier alpha value is -3.40. The minimum Gasteiger partial charge on any atom is -0.323 e. The molecule has 1 amide bonds. The SMILES string of the molecule is Cc1cccc(Cn2c(C3CC(=O)N(c4ccccc4)C3)nc3ccccc32)c1. The highest BCUT2D eigenvalue weighted by Gasteiger charge is 2.34. The van der Waals surface area contributed by atoms with E-state index in [-0.39, 0.29) is 11.8 Å². The molecule has 29 heavy (non-hydrogen) atoms. The van der Waals surface area contributed by atoms with Crippen molar-refractivity contribution < 1.29 is 4.79 Å². The summed E-state index contributed by atoms with van der Waals surface area (Å²) in [6.45, 7) is 3.54. The van der Waals surface area contributed by atoms with Crippen molar-refractivity contribution in [1.29, 1.82) is 0 Å². The lowest BCUT2D eigenvalue weighted by Gasteiger charge is -2.17. The number of nitrogens with zero attached hydrogens (tertiary/aromatic N) is 3. The van der Waals surface area contributed by atoms with E-state index in [1.807, 2.05) is 41.3 Å². The van der Waals surface area contributed by atoms with Crippen molar-refractivity contribution in [3.63, 3.8) is 0 Å². The van der Waals surface area contributed by atoms with Crippen LogP contribution in [0.1, 0.15) is 29.3 Å². The van der Waals surface area contributed by atoms with Gasteiger partial charge >= 0.3 is 0 Å². The lowest BCUT2D eigenvalue weighted by molar-refractivity contribution is -0.117. The lowest BCUT2D eigenvalue weighted by Crippen LogP contribution is -2.24. The number of hydrogen-bond acceptors (Lipinski definition) is 2. The summed E-state index contributed by atoms with van der Waals surface area (Å²) in [6, 6.07) is 26.7. The second-order valence-electron chi connectivity index (χ2n) is 7.77. The quantitative estimate of drug-likeness (QED) is 0.504. The monoisotopic (exact) mass is 381 g/mol. The van der Waals surface area contributed by atoms with Crippen molar-refractivity contribution in [1.82, 2.24) is 9.55 Å². The molecule has 0 spiro atoms.